The second-order valence-corrected chi connectivity index (χ2v) is 4.28. The van der Waals surface area contributed by atoms with E-state index in [1.54, 1.807) is 0 Å². The van der Waals surface area contributed by atoms with Gasteiger partial charge in [0.05, 0.1) is 5.56 Å². The van der Waals surface area contributed by atoms with Gasteiger partial charge in [-0.2, -0.15) is 0 Å². The number of nitrogens with zero attached hydrogens (tertiary/aromatic N) is 1. The van der Waals surface area contributed by atoms with Gasteiger partial charge in [0.2, 0.25) is 0 Å². The van der Waals surface area contributed by atoms with E-state index < -0.39 is 0 Å². The van der Waals surface area contributed by atoms with Crippen LogP contribution in [0.2, 0.25) is 0 Å². The van der Waals surface area contributed by atoms with E-state index in [1.165, 1.54) is 5.56 Å². The SMILES string of the molecule is Cc1onc(N)c1-c1ccc(C(C)C)cc1. The fourth-order valence-electron chi connectivity index (χ4n) is 1.78. The molecule has 0 saturated heterocycles. The molecule has 0 atom stereocenters. The van der Waals surface area contributed by atoms with Crippen LogP contribution >= 0.6 is 0 Å². The third-order valence-electron chi connectivity index (χ3n) is 2.76. The maximum absolute atomic E-state index is 5.77. The van der Waals surface area contributed by atoms with Crippen molar-refractivity contribution < 1.29 is 4.52 Å². The molecule has 1 aromatic heterocycles. The van der Waals surface area contributed by atoms with E-state index in [2.05, 4.69) is 43.3 Å². The Morgan fingerprint density at radius 1 is 1.19 bits per heavy atom. The minimum absolute atomic E-state index is 0.454. The summed E-state index contributed by atoms with van der Waals surface area (Å²) in [4.78, 5) is 0. The summed E-state index contributed by atoms with van der Waals surface area (Å²) in [5.74, 6) is 1.75. The van der Waals surface area contributed by atoms with Crippen LogP contribution in [0.15, 0.2) is 28.8 Å². The Morgan fingerprint density at radius 2 is 1.81 bits per heavy atom. The van der Waals surface area contributed by atoms with Crippen molar-refractivity contribution in [1.29, 1.82) is 0 Å². The lowest BCUT2D eigenvalue weighted by molar-refractivity contribution is 0.401. The van der Waals surface area contributed by atoms with Crippen molar-refractivity contribution in [2.75, 3.05) is 5.73 Å². The lowest BCUT2D eigenvalue weighted by atomic mass is 9.99. The molecule has 16 heavy (non-hydrogen) atoms. The number of aryl methyl sites for hydroxylation is 1. The monoisotopic (exact) mass is 216 g/mol. The van der Waals surface area contributed by atoms with E-state index in [1.807, 2.05) is 6.92 Å². The molecule has 1 aromatic carbocycles. The van der Waals surface area contributed by atoms with Crippen LogP contribution in [0.1, 0.15) is 31.1 Å². The second-order valence-electron chi connectivity index (χ2n) is 4.28. The van der Waals surface area contributed by atoms with Crippen LogP contribution < -0.4 is 5.73 Å². The summed E-state index contributed by atoms with van der Waals surface area (Å²) in [5, 5.41) is 3.75. The first-order chi connectivity index (χ1) is 7.59. The van der Waals surface area contributed by atoms with E-state index >= 15 is 0 Å². The van der Waals surface area contributed by atoms with E-state index in [0.717, 1.165) is 16.9 Å². The molecule has 1 heterocycles. The molecular weight excluding hydrogens is 200 g/mol. The highest BCUT2D eigenvalue weighted by atomic mass is 16.5. The van der Waals surface area contributed by atoms with Crippen LogP contribution in [-0.4, -0.2) is 5.16 Å². The average molecular weight is 216 g/mol. The van der Waals surface area contributed by atoms with Crippen molar-refractivity contribution in [1.82, 2.24) is 5.16 Å². The molecular formula is C13H16N2O. The normalized spacial score (nSPS) is 11.0. The predicted octanol–water partition coefficient (Wildman–Crippen LogP) is 3.36. The molecule has 0 saturated carbocycles. The summed E-state index contributed by atoms with van der Waals surface area (Å²) in [6.45, 7) is 6.22. The molecule has 3 nitrogen and oxygen atoms in total. The molecule has 84 valence electrons. The Hall–Kier alpha value is -1.77. The maximum atomic E-state index is 5.77. The molecule has 2 N–H and O–H groups in total. The molecule has 0 bridgehead atoms. The van der Waals surface area contributed by atoms with Crippen molar-refractivity contribution in [2.45, 2.75) is 26.7 Å². The van der Waals surface area contributed by atoms with Gasteiger partial charge in [-0.1, -0.05) is 43.3 Å². The highest BCUT2D eigenvalue weighted by Crippen LogP contribution is 2.29. The fourth-order valence-corrected chi connectivity index (χ4v) is 1.78. The van der Waals surface area contributed by atoms with E-state index in [4.69, 9.17) is 10.3 Å². The summed E-state index contributed by atoms with van der Waals surface area (Å²) in [5.41, 5.74) is 9.04. The molecule has 2 aromatic rings. The van der Waals surface area contributed by atoms with Gasteiger partial charge in [-0.25, -0.2) is 0 Å². The largest absolute Gasteiger partial charge is 0.380 e. The standard InChI is InChI=1S/C13H16N2O/c1-8(2)10-4-6-11(7-5-10)12-9(3)16-15-13(12)14/h4-8H,1-3H3,(H2,14,15). The summed E-state index contributed by atoms with van der Waals surface area (Å²) < 4.78 is 5.05. The zero-order chi connectivity index (χ0) is 11.7. The van der Waals surface area contributed by atoms with Crippen LogP contribution in [0, 0.1) is 6.92 Å². The number of aromatic nitrogens is 1. The lowest BCUT2D eigenvalue weighted by Gasteiger charge is -2.06. The van der Waals surface area contributed by atoms with Crippen LogP contribution in [0.25, 0.3) is 11.1 Å². The van der Waals surface area contributed by atoms with Gasteiger partial charge in [-0.05, 0) is 24.0 Å². The first-order valence-corrected chi connectivity index (χ1v) is 5.41. The predicted molar refractivity (Wildman–Crippen MR) is 65.2 cm³/mol. The summed E-state index contributed by atoms with van der Waals surface area (Å²) in [6, 6.07) is 8.36. The highest BCUT2D eigenvalue weighted by molar-refractivity contribution is 5.75. The molecule has 0 amide bonds. The van der Waals surface area contributed by atoms with Crippen LogP contribution in [-0.2, 0) is 0 Å². The number of hydrogen-bond acceptors (Lipinski definition) is 3. The molecule has 0 spiro atoms. The lowest BCUT2D eigenvalue weighted by Crippen LogP contribution is -1.90. The first kappa shape index (κ1) is 10.7. The summed E-state index contributed by atoms with van der Waals surface area (Å²) in [7, 11) is 0. The molecule has 0 radical (unpaired) electrons. The Kier molecular flexibility index (Phi) is 2.69. The van der Waals surface area contributed by atoms with Crippen molar-refractivity contribution >= 4 is 5.82 Å². The maximum Gasteiger partial charge on any atom is 0.175 e. The summed E-state index contributed by atoms with van der Waals surface area (Å²) >= 11 is 0. The van der Waals surface area contributed by atoms with Crippen LogP contribution in [0.5, 0.6) is 0 Å². The van der Waals surface area contributed by atoms with Crippen molar-refractivity contribution in [3.05, 3.63) is 35.6 Å². The number of nitrogens with two attached hydrogens (primary N) is 1. The molecule has 0 unspecified atom stereocenters. The van der Waals surface area contributed by atoms with Gasteiger partial charge >= 0.3 is 0 Å². The zero-order valence-electron chi connectivity index (χ0n) is 9.82. The van der Waals surface area contributed by atoms with Gasteiger partial charge in [0.15, 0.2) is 5.82 Å². The number of rotatable bonds is 2. The smallest absolute Gasteiger partial charge is 0.175 e. The minimum atomic E-state index is 0.454. The van der Waals surface area contributed by atoms with Gasteiger partial charge < -0.3 is 10.3 Å². The number of hydrogen-bond donors (Lipinski definition) is 1. The third-order valence-corrected chi connectivity index (χ3v) is 2.76. The van der Waals surface area contributed by atoms with E-state index in [-0.39, 0.29) is 0 Å². The molecule has 0 aliphatic carbocycles. The highest BCUT2D eigenvalue weighted by Gasteiger charge is 2.12. The van der Waals surface area contributed by atoms with Gasteiger partial charge in [-0.3, -0.25) is 0 Å². The van der Waals surface area contributed by atoms with Crippen molar-refractivity contribution in [3.8, 4) is 11.1 Å². The van der Waals surface area contributed by atoms with Gasteiger partial charge in [0.1, 0.15) is 5.76 Å². The molecule has 0 fully saturated rings. The molecule has 3 heteroatoms. The number of benzene rings is 1. The Balaban J connectivity index is 2.42. The zero-order valence-corrected chi connectivity index (χ0v) is 9.82. The fraction of sp³-hybridized carbons (Fsp3) is 0.308. The first-order valence-electron chi connectivity index (χ1n) is 5.41. The summed E-state index contributed by atoms with van der Waals surface area (Å²) in [6.07, 6.45) is 0. The number of anilines is 1. The van der Waals surface area contributed by atoms with Crippen LogP contribution in [0.4, 0.5) is 5.82 Å². The van der Waals surface area contributed by atoms with Crippen molar-refractivity contribution in [2.24, 2.45) is 0 Å². The second kappa shape index (κ2) is 4.00. The average Bonchev–Trinajstić information content (AvgIpc) is 2.59. The Labute approximate surface area is 95.3 Å². The third kappa shape index (κ3) is 1.81. The minimum Gasteiger partial charge on any atom is -0.380 e. The molecule has 2 rings (SSSR count). The van der Waals surface area contributed by atoms with E-state index in [0.29, 0.717) is 11.7 Å². The quantitative estimate of drug-likeness (QED) is 0.837. The Morgan fingerprint density at radius 3 is 2.25 bits per heavy atom. The molecule has 0 aliphatic rings. The number of nitrogen functional groups attached to an aromatic ring is 1. The Bertz CT molecular complexity index is 464. The van der Waals surface area contributed by atoms with Gasteiger partial charge in [0.25, 0.3) is 0 Å². The van der Waals surface area contributed by atoms with Gasteiger partial charge in [-0.15, -0.1) is 0 Å². The van der Waals surface area contributed by atoms with Crippen molar-refractivity contribution in [3.63, 3.8) is 0 Å². The molecule has 0 aliphatic heterocycles. The van der Waals surface area contributed by atoms with Crippen LogP contribution in [0.3, 0.4) is 0 Å². The van der Waals surface area contributed by atoms with E-state index in [9.17, 15) is 0 Å². The van der Waals surface area contributed by atoms with Gasteiger partial charge in [0, 0.05) is 0 Å². The topological polar surface area (TPSA) is 52.0 Å².